The number of rotatable bonds is 14. The maximum absolute atomic E-state index is 14.0. The van der Waals surface area contributed by atoms with Gasteiger partial charge in [0.05, 0.1) is 36.2 Å². The molecule has 13 nitrogen and oxygen atoms in total. The molecule has 54 heavy (non-hydrogen) atoms. The molecule has 1 amide bonds. The van der Waals surface area contributed by atoms with Gasteiger partial charge in [-0.25, -0.2) is 17.8 Å². The highest BCUT2D eigenvalue weighted by Gasteiger charge is 2.44. The molecule has 0 radical (unpaired) electrons. The van der Waals surface area contributed by atoms with Crippen molar-refractivity contribution in [2.75, 3.05) is 32.7 Å². The first-order valence-corrected chi connectivity index (χ1v) is 21.0. The van der Waals surface area contributed by atoms with Crippen molar-refractivity contribution in [3.63, 3.8) is 0 Å². The van der Waals surface area contributed by atoms with Crippen LogP contribution in [0.2, 0.25) is 0 Å². The highest BCUT2D eigenvalue weighted by Crippen LogP contribution is 2.49. The smallest absolute Gasteiger partial charge is 0.468 e. The van der Waals surface area contributed by atoms with E-state index in [1.165, 1.54) is 16.4 Å². The Morgan fingerprint density at radius 2 is 1.57 bits per heavy atom. The van der Waals surface area contributed by atoms with E-state index >= 15 is 0 Å². The molecule has 2 fully saturated rings. The fraction of sp³-hybridized carbons (Fsp3) is 0.359. The quantitative estimate of drug-likeness (QED) is 0.146. The molecule has 0 aliphatic carbocycles. The number of carbonyl (C=O) groups excluding carboxylic acids is 1. The fourth-order valence-electron chi connectivity index (χ4n) is 6.92. The number of ether oxygens (including phenoxy) is 4. The second-order valence-electron chi connectivity index (χ2n) is 13.6. The van der Waals surface area contributed by atoms with E-state index in [9.17, 15) is 22.9 Å². The molecule has 4 aromatic rings. The van der Waals surface area contributed by atoms with Crippen molar-refractivity contribution in [3.8, 4) is 17.2 Å². The number of hydrogen-bond acceptors (Lipinski definition) is 11. The number of aliphatic hydroxyl groups excluding tert-OH is 1. The van der Waals surface area contributed by atoms with Gasteiger partial charge in [0, 0.05) is 13.1 Å². The highest BCUT2D eigenvalue weighted by molar-refractivity contribution is 7.89. The van der Waals surface area contributed by atoms with E-state index in [0.29, 0.717) is 30.1 Å². The Hall–Kier alpha value is -4.43. The summed E-state index contributed by atoms with van der Waals surface area (Å²) in [7, 11) is -7.99. The van der Waals surface area contributed by atoms with Crippen LogP contribution >= 0.6 is 7.60 Å². The SMILES string of the molecule is CC1CN(C[C@@H](O)[C@H](Cc2ccccc2)NC(=O)O[C@H]2CO[C@H]3OCC[C@H]32)S(=O)(=O)c2ccc(OCP(=O)(Oc3ccccc3)Oc3ccccc3)cc21. The van der Waals surface area contributed by atoms with Gasteiger partial charge in [0.2, 0.25) is 16.4 Å². The first-order chi connectivity index (χ1) is 26.1. The summed E-state index contributed by atoms with van der Waals surface area (Å²) in [6.45, 7) is 2.41. The van der Waals surface area contributed by atoms with Crippen molar-refractivity contribution in [2.45, 2.75) is 55.1 Å². The Morgan fingerprint density at radius 1 is 0.926 bits per heavy atom. The molecule has 2 saturated heterocycles. The second kappa shape index (κ2) is 16.5. The van der Waals surface area contributed by atoms with Crippen molar-refractivity contribution in [2.24, 2.45) is 5.92 Å². The molecule has 3 aliphatic rings. The number of β-amino-alcohol motifs (C(OH)–C–C–N with tert-alkyl or cyclic N) is 1. The molecule has 15 heteroatoms. The van der Waals surface area contributed by atoms with E-state index in [2.05, 4.69) is 5.32 Å². The first-order valence-electron chi connectivity index (χ1n) is 17.8. The van der Waals surface area contributed by atoms with Gasteiger partial charge in [-0.1, -0.05) is 73.7 Å². The average Bonchev–Trinajstić information content (AvgIpc) is 3.79. The summed E-state index contributed by atoms with van der Waals surface area (Å²) in [4.78, 5) is 13.2. The van der Waals surface area contributed by atoms with Crippen molar-refractivity contribution in [1.82, 2.24) is 9.62 Å². The maximum Gasteiger partial charge on any atom is 0.468 e. The topological polar surface area (TPSA) is 159 Å². The third-order valence-corrected chi connectivity index (χ3v) is 13.0. The number of nitrogens with one attached hydrogen (secondary N) is 1. The van der Waals surface area contributed by atoms with Crippen LogP contribution < -0.4 is 19.1 Å². The summed E-state index contributed by atoms with van der Waals surface area (Å²) in [5.41, 5.74) is 1.35. The number of benzene rings is 4. The Morgan fingerprint density at radius 3 is 2.24 bits per heavy atom. The van der Waals surface area contributed by atoms with Crippen LogP contribution in [0.15, 0.2) is 114 Å². The summed E-state index contributed by atoms with van der Waals surface area (Å²) < 4.78 is 77.6. The number of hydrogen-bond donors (Lipinski definition) is 2. The van der Waals surface area contributed by atoms with Crippen molar-refractivity contribution in [1.29, 1.82) is 0 Å². The lowest BCUT2D eigenvalue weighted by Gasteiger charge is -2.35. The molecule has 286 valence electrons. The molecule has 7 rings (SSSR count). The Bertz CT molecular complexity index is 2000. The van der Waals surface area contributed by atoms with Crippen LogP contribution in [-0.2, 0) is 35.2 Å². The largest absolute Gasteiger partial charge is 0.479 e. The van der Waals surface area contributed by atoms with Gasteiger partial charge >= 0.3 is 13.7 Å². The summed E-state index contributed by atoms with van der Waals surface area (Å²) in [6, 6.07) is 30.2. The summed E-state index contributed by atoms with van der Waals surface area (Å²) >= 11 is 0. The van der Waals surface area contributed by atoms with Crippen LogP contribution in [0.4, 0.5) is 4.79 Å². The number of aliphatic hydroxyl groups is 1. The molecule has 0 saturated carbocycles. The van der Waals surface area contributed by atoms with Crippen LogP contribution in [0.5, 0.6) is 17.2 Å². The van der Waals surface area contributed by atoms with E-state index in [4.69, 9.17) is 28.0 Å². The summed E-state index contributed by atoms with van der Waals surface area (Å²) in [6.07, 6.45) is -2.39. The zero-order valence-electron chi connectivity index (χ0n) is 29.6. The number of carbonyl (C=O) groups is 1. The number of amides is 1. The number of fused-ring (bicyclic) bond motifs is 2. The van der Waals surface area contributed by atoms with Gasteiger partial charge in [0.15, 0.2) is 6.29 Å². The molecule has 3 heterocycles. The lowest BCUT2D eigenvalue weighted by atomic mass is 9.99. The Labute approximate surface area is 314 Å². The van der Waals surface area contributed by atoms with E-state index in [1.807, 2.05) is 37.3 Å². The molecule has 0 bridgehead atoms. The first kappa shape index (κ1) is 37.9. The molecule has 1 unspecified atom stereocenters. The third-order valence-electron chi connectivity index (χ3n) is 9.67. The summed E-state index contributed by atoms with van der Waals surface area (Å²) in [5.74, 6) is 0.598. The molecule has 3 aliphatic heterocycles. The molecule has 2 N–H and O–H groups in total. The number of para-hydroxylation sites is 2. The predicted octanol–water partition coefficient (Wildman–Crippen LogP) is 5.94. The van der Waals surface area contributed by atoms with Crippen molar-refractivity contribution in [3.05, 3.63) is 120 Å². The second-order valence-corrected chi connectivity index (χ2v) is 17.3. The van der Waals surface area contributed by atoms with Crippen LogP contribution in [-0.4, -0.2) is 81.1 Å². The van der Waals surface area contributed by atoms with Gasteiger partial charge < -0.3 is 38.4 Å². The Kier molecular flexibility index (Phi) is 11.6. The molecule has 0 spiro atoms. The zero-order chi connectivity index (χ0) is 37.7. The van der Waals surface area contributed by atoms with Gasteiger partial charge in [-0.3, -0.25) is 0 Å². The molecule has 0 aromatic heterocycles. The summed E-state index contributed by atoms with van der Waals surface area (Å²) in [5, 5.41) is 14.4. The van der Waals surface area contributed by atoms with Gasteiger partial charge in [0.1, 0.15) is 23.4 Å². The van der Waals surface area contributed by atoms with Gasteiger partial charge in [-0.2, -0.15) is 4.31 Å². The molecule has 6 atom stereocenters. The third kappa shape index (κ3) is 8.92. The minimum atomic E-state index is -4.08. The highest BCUT2D eigenvalue weighted by atomic mass is 32.2. The van der Waals surface area contributed by atoms with E-state index in [-0.39, 0.29) is 48.6 Å². The molecular weight excluding hydrogens is 735 g/mol. The Balaban J connectivity index is 1.04. The van der Waals surface area contributed by atoms with E-state index in [1.54, 1.807) is 66.7 Å². The zero-order valence-corrected chi connectivity index (χ0v) is 31.3. The lowest BCUT2D eigenvalue weighted by molar-refractivity contribution is -0.0907. The predicted molar refractivity (Wildman–Crippen MR) is 198 cm³/mol. The van der Waals surface area contributed by atoms with Gasteiger partial charge in [-0.15, -0.1) is 0 Å². The lowest BCUT2D eigenvalue weighted by Crippen LogP contribution is -2.52. The van der Waals surface area contributed by atoms with E-state index in [0.717, 1.165) is 5.56 Å². The van der Waals surface area contributed by atoms with Crippen LogP contribution in [0, 0.1) is 5.92 Å². The standard InChI is InChI=1S/C39H43N2O11PS/c1-27-23-41(24-35(42)34(21-28-11-5-2-6-12-28)40-39(43)50-36-25-48-38-32(36)19-20-47-38)54(45,46)37-18-17-31(22-33(27)37)49-26-53(44,51-29-13-7-3-8-14-29)52-30-15-9-4-10-16-30/h2-18,22,27,32,34-36,38,42H,19-21,23-26H2,1H3,(H,40,43)/t27?,32-,34-,35+,36-,38+/m0/s1. The number of nitrogens with zero attached hydrogens (tertiary/aromatic N) is 1. The minimum absolute atomic E-state index is 0.0611. The minimum Gasteiger partial charge on any atom is -0.479 e. The van der Waals surface area contributed by atoms with Crippen LogP contribution in [0.25, 0.3) is 0 Å². The van der Waals surface area contributed by atoms with Crippen molar-refractivity contribution >= 4 is 23.7 Å². The number of sulfonamides is 1. The van der Waals surface area contributed by atoms with Gasteiger partial charge in [-0.05, 0) is 72.4 Å². The maximum atomic E-state index is 14.0. The molecular formula is C39H43N2O11PS. The normalized spacial score (nSPS) is 23.0. The van der Waals surface area contributed by atoms with Gasteiger partial charge in [0.25, 0.3) is 0 Å². The number of alkyl carbamates (subject to hydrolysis) is 1. The monoisotopic (exact) mass is 778 g/mol. The van der Waals surface area contributed by atoms with Crippen LogP contribution in [0.3, 0.4) is 0 Å². The van der Waals surface area contributed by atoms with E-state index < -0.39 is 54.6 Å². The average molecular weight is 779 g/mol. The molecule has 4 aromatic carbocycles. The van der Waals surface area contributed by atoms with Crippen molar-refractivity contribution < 1.29 is 50.9 Å². The van der Waals surface area contributed by atoms with Crippen LogP contribution in [0.1, 0.15) is 30.4 Å². The fourth-order valence-corrected chi connectivity index (χ4v) is 10.1.